The number of aromatic nitrogens is 1. The number of nitrogens with zero attached hydrogens (tertiary/aromatic N) is 3. The van der Waals surface area contributed by atoms with Crippen LogP contribution in [0.2, 0.25) is 0 Å². The number of aliphatic hydroxyl groups excluding tert-OH is 1. The van der Waals surface area contributed by atoms with Crippen molar-refractivity contribution in [2.45, 2.75) is 19.2 Å². The van der Waals surface area contributed by atoms with E-state index in [1.165, 1.54) is 21.9 Å². The summed E-state index contributed by atoms with van der Waals surface area (Å²) in [5.41, 5.74) is 3.53. The van der Waals surface area contributed by atoms with Crippen LogP contribution >= 0.6 is 31.9 Å². The molecule has 2 aliphatic rings. The van der Waals surface area contributed by atoms with Crippen LogP contribution in [0.5, 0.6) is 11.5 Å². The summed E-state index contributed by atoms with van der Waals surface area (Å²) < 4.78 is 15.4. The molecule has 0 radical (unpaired) electrons. The first-order chi connectivity index (χ1) is 17.0. The Labute approximate surface area is 221 Å². The molecule has 35 heavy (non-hydrogen) atoms. The predicted octanol–water partition coefficient (Wildman–Crippen LogP) is 5.23. The molecule has 1 N–H and O–H groups in total. The molecule has 0 aliphatic carbocycles. The molecule has 3 aromatic carbocycles. The molecule has 6 rings (SSSR count). The van der Waals surface area contributed by atoms with Gasteiger partial charge < -0.3 is 19.1 Å². The Kier molecular flexibility index (Phi) is 6.49. The lowest BCUT2D eigenvalue weighted by atomic mass is 10.1. The van der Waals surface area contributed by atoms with Crippen LogP contribution < -0.4 is 9.47 Å². The fourth-order valence-corrected chi connectivity index (χ4v) is 6.05. The van der Waals surface area contributed by atoms with Crippen molar-refractivity contribution in [3.8, 4) is 11.5 Å². The van der Waals surface area contributed by atoms with Crippen molar-refractivity contribution in [3.05, 3.63) is 69.1 Å². The molecular weight excluding hydrogens is 574 g/mol. The van der Waals surface area contributed by atoms with Gasteiger partial charge in [-0.3, -0.25) is 9.80 Å². The van der Waals surface area contributed by atoms with Gasteiger partial charge in [0.05, 0.1) is 12.6 Å². The van der Waals surface area contributed by atoms with E-state index in [-0.39, 0.29) is 0 Å². The van der Waals surface area contributed by atoms with E-state index in [0.29, 0.717) is 19.9 Å². The molecule has 1 atom stereocenters. The Hall–Kier alpha value is -2.10. The minimum Gasteiger partial charge on any atom is -0.454 e. The average Bonchev–Trinajstić information content (AvgIpc) is 3.43. The second-order valence-electron chi connectivity index (χ2n) is 9.32. The minimum absolute atomic E-state index is 0.290. The number of rotatable bonds is 6. The van der Waals surface area contributed by atoms with Gasteiger partial charge in [-0.25, -0.2) is 0 Å². The maximum atomic E-state index is 11.1. The molecule has 182 valence electrons. The van der Waals surface area contributed by atoms with Crippen molar-refractivity contribution in [2.24, 2.45) is 0 Å². The molecule has 3 heterocycles. The fraction of sp³-hybridized carbons (Fsp3) is 0.333. The molecule has 0 spiro atoms. The lowest BCUT2D eigenvalue weighted by Crippen LogP contribution is -2.48. The van der Waals surface area contributed by atoms with Crippen LogP contribution in [-0.2, 0) is 13.1 Å². The van der Waals surface area contributed by atoms with Crippen LogP contribution in [0.3, 0.4) is 0 Å². The van der Waals surface area contributed by atoms with Crippen LogP contribution in [0.15, 0.2) is 63.5 Å². The molecule has 6 nitrogen and oxygen atoms in total. The second kappa shape index (κ2) is 9.75. The zero-order chi connectivity index (χ0) is 23.9. The number of para-hydroxylation sites is 1. The number of fused-ring (bicyclic) bond motifs is 4. The lowest BCUT2D eigenvalue weighted by molar-refractivity contribution is 0.0633. The Balaban J connectivity index is 1.09. The van der Waals surface area contributed by atoms with Gasteiger partial charge in [0, 0.05) is 70.0 Å². The van der Waals surface area contributed by atoms with E-state index in [1.54, 1.807) is 0 Å². The van der Waals surface area contributed by atoms with Gasteiger partial charge in [-0.1, -0.05) is 50.1 Å². The van der Waals surface area contributed by atoms with Gasteiger partial charge in [-0.05, 0) is 42.0 Å². The number of piperazine rings is 1. The standard InChI is InChI=1S/C27H27Br2N3O3/c28-19-5-6-25-22(12-19)21-3-1-2-4-24(21)32(25)16-20(33)15-31-9-7-30(8-10-31)14-18-11-26-27(13-23(18)29)35-17-34-26/h1-6,11-13,20,33H,7-10,14-17H2. The summed E-state index contributed by atoms with van der Waals surface area (Å²) in [4.78, 5) is 4.83. The van der Waals surface area contributed by atoms with Gasteiger partial charge in [-0.15, -0.1) is 0 Å². The van der Waals surface area contributed by atoms with Crippen LogP contribution in [0.1, 0.15) is 5.56 Å². The SMILES string of the molecule is OC(CN1CCN(Cc2cc3c(cc2Br)OCO3)CC1)Cn1c2ccccc2c2cc(Br)ccc21. The van der Waals surface area contributed by atoms with E-state index in [9.17, 15) is 5.11 Å². The first-order valence-electron chi connectivity index (χ1n) is 11.9. The average molecular weight is 601 g/mol. The van der Waals surface area contributed by atoms with Gasteiger partial charge >= 0.3 is 0 Å². The highest BCUT2D eigenvalue weighted by atomic mass is 79.9. The van der Waals surface area contributed by atoms with Crippen molar-refractivity contribution in [1.29, 1.82) is 0 Å². The molecule has 8 heteroatoms. The predicted molar refractivity (Wildman–Crippen MR) is 145 cm³/mol. The maximum Gasteiger partial charge on any atom is 0.231 e. The number of benzene rings is 3. The van der Waals surface area contributed by atoms with Gasteiger partial charge in [0.2, 0.25) is 6.79 Å². The Morgan fingerprint density at radius 1 is 0.800 bits per heavy atom. The number of halogens is 2. The van der Waals surface area contributed by atoms with Crippen molar-refractivity contribution < 1.29 is 14.6 Å². The number of aliphatic hydroxyl groups is 1. The molecule has 1 saturated heterocycles. The van der Waals surface area contributed by atoms with Crippen molar-refractivity contribution >= 4 is 53.7 Å². The monoisotopic (exact) mass is 599 g/mol. The normalized spacial score (nSPS) is 17.5. The third-order valence-corrected chi connectivity index (χ3v) is 8.23. The summed E-state index contributed by atoms with van der Waals surface area (Å²) in [6, 6.07) is 18.9. The highest BCUT2D eigenvalue weighted by Crippen LogP contribution is 2.37. The van der Waals surface area contributed by atoms with E-state index >= 15 is 0 Å². The third-order valence-electron chi connectivity index (χ3n) is 7.00. The number of ether oxygens (including phenoxy) is 2. The molecule has 0 bridgehead atoms. The molecular formula is C27H27Br2N3O3. The van der Waals surface area contributed by atoms with Crippen molar-refractivity contribution in [3.63, 3.8) is 0 Å². The zero-order valence-corrected chi connectivity index (χ0v) is 22.5. The lowest BCUT2D eigenvalue weighted by Gasteiger charge is -2.36. The van der Waals surface area contributed by atoms with E-state index < -0.39 is 6.10 Å². The number of β-amino-alcohol motifs (C(OH)–C–C–N with tert-alkyl or cyclic N) is 1. The molecule has 1 unspecified atom stereocenters. The largest absolute Gasteiger partial charge is 0.454 e. The summed E-state index contributed by atoms with van der Waals surface area (Å²) in [5.74, 6) is 1.62. The van der Waals surface area contributed by atoms with Gasteiger partial charge in [0.25, 0.3) is 0 Å². The van der Waals surface area contributed by atoms with Gasteiger partial charge in [0.1, 0.15) is 0 Å². The minimum atomic E-state index is -0.438. The molecule has 0 amide bonds. The summed E-state index contributed by atoms with van der Waals surface area (Å²) in [7, 11) is 0. The third kappa shape index (κ3) is 4.70. The van der Waals surface area contributed by atoms with Crippen molar-refractivity contribution in [1.82, 2.24) is 14.4 Å². The number of hydrogen-bond donors (Lipinski definition) is 1. The van der Waals surface area contributed by atoms with Gasteiger partial charge in [0.15, 0.2) is 11.5 Å². The fourth-order valence-electron chi connectivity index (χ4n) is 5.24. The van der Waals surface area contributed by atoms with E-state index in [4.69, 9.17) is 9.47 Å². The Morgan fingerprint density at radius 2 is 1.51 bits per heavy atom. The zero-order valence-electron chi connectivity index (χ0n) is 19.3. The summed E-state index contributed by atoms with van der Waals surface area (Å²) in [6.07, 6.45) is -0.438. The molecule has 1 fully saturated rings. The highest BCUT2D eigenvalue weighted by Gasteiger charge is 2.23. The van der Waals surface area contributed by atoms with Crippen molar-refractivity contribution in [2.75, 3.05) is 39.5 Å². The van der Waals surface area contributed by atoms with E-state index in [0.717, 1.165) is 58.7 Å². The highest BCUT2D eigenvalue weighted by molar-refractivity contribution is 9.10. The summed E-state index contributed by atoms with van der Waals surface area (Å²) in [5, 5.41) is 13.5. The van der Waals surface area contributed by atoms with Crippen LogP contribution in [-0.4, -0.2) is 65.1 Å². The van der Waals surface area contributed by atoms with Crippen LogP contribution in [0.4, 0.5) is 0 Å². The molecule has 2 aliphatic heterocycles. The first-order valence-corrected chi connectivity index (χ1v) is 13.5. The summed E-state index contributed by atoms with van der Waals surface area (Å²) >= 11 is 7.28. The first kappa shape index (κ1) is 23.3. The van der Waals surface area contributed by atoms with Crippen LogP contribution in [0, 0.1) is 0 Å². The van der Waals surface area contributed by atoms with E-state index in [1.807, 2.05) is 6.07 Å². The number of hydrogen-bond acceptors (Lipinski definition) is 5. The Bertz CT molecular complexity index is 1380. The topological polar surface area (TPSA) is 50.1 Å². The quantitative estimate of drug-likeness (QED) is 0.329. The van der Waals surface area contributed by atoms with Crippen LogP contribution in [0.25, 0.3) is 21.8 Å². The van der Waals surface area contributed by atoms with E-state index in [2.05, 4.69) is 94.8 Å². The summed E-state index contributed by atoms with van der Waals surface area (Å²) in [6.45, 7) is 6.23. The molecule has 0 saturated carbocycles. The molecule has 4 aromatic rings. The second-order valence-corrected chi connectivity index (χ2v) is 11.1. The Morgan fingerprint density at radius 3 is 2.34 bits per heavy atom. The maximum absolute atomic E-state index is 11.1. The van der Waals surface area contributed by atoms with Gasteiger partial charge in [-0.2, -0.15) is 0 Å². The smallest absolute Gasteiger partial charge is 0.231 e. The molecule has 1 aromatic heterocycles.